The molecular weight excluding hydrogens is 1200 g/mol. The highest BCUT2D eigenvalue weighted by Crippen LogP contribution is 2.45. The number of azide groups is 4. The Morgan fingerprint density at radius 3 is 1.08 bits per heavy atom. The number of hydrogen-bond donors (Lipinski definition) is 0. The Morgan fingerprint density at radius 1 is 0.387 bits per heavy atom. The third-order valence-corrected chi connectivity index (χ3v) is 23.6. The molecule has 2 heterocycles. The monoisotopic (exact) mass is 1280 g/mol. The molecule has 15 atom stereocenters. The molecule has 0 spiro atoms. The fourth-order valence-electron chi connectivity index (χ4n) is 13.2. The lowest BCUT2D eigenvalue weighted by Crippen LogP contribution is -2.66. The second-order valence-electron chi connectivity index (χ2n) is 24.4. The summed E-state index contributed by atoms with van der Waals surface area (Å²) >= 11 is 0. The summed E-state index contributed by atoms with van der Waals surface area (Å²) < 4.78 is 78.3. The maximum absolute atomic E-state index is 10.6. The normalized spacial score (nSPS) is 26.3. The first-order valence-corrected chi connectivity index (χ1v) is 33.9. The molecule has 9 rings (SSSR count). The van der Waals surface area contributed by atoms with Crippen LogP contribution in [0.4, 0.5) is 0 Å². The molecule has 6 aromatic carbocycles. The molecule has 1 saturated carbocycles. The van der Waals surface area contributed by atoms with Crippen molar-refractivity contribution in [2.45, 2.75) is 196 Å². The van der Waals surface area contributed by atoms with Crippen molar-refractivity contribution >= 4 is 8.32 Å². The first-order valence-electron chi connectivity index (χ1n) is 31.8. The lowest BCUT2D eigenvalue weighted by molar-refractivity contribution is -0.350. The van der Waals surface area contributed by atoms with E-state index in [0.29, 0.717) is 0 Å². The third-order valence-electron chi connectivity index (χ3n) is 17.5. The smallest absolute Gasteiger partial charge is 0.200 e. The van der Waals surface area contributed by atoms with Gasteiger partial charge < -0.3 is 51.8 Å². The van der Waals surface area contributed by atoms with Crippen LogP contribution in [0.15, 0.2) is 202 Å². The molecule has 0 N–H and O–H groups in total. The van der Waals surface area contributed by atoms with Crippen LogP contribution in [-0.2, 0) is 91.4 Å². The molecule has 2 saturated heterocycles. The number of hydrogen-bond acceptors (Lipinski definition) is 15. The van der Waals surface area contributed by atoms with E-state index in [1.54, 1.807) is 0 Å². The van der Waals surface area contributed by atoms with Crippen molar-refractivity contribution in [2.75, 3.05) is 13.2 Å². The van der Waals surface area contributed by atoms with Crippen molar-refractivity contribution in [1.29, 1.82) is 0 Å². The Morgan fingerprint density at radius 2 is 0.710 bits per heavy atom. The number of ether oxygens (including phenoxy) is 10. The summed E-state index contributed by atoms with van der Waals surface area (Å²) in [5.74, 6) is 0. The summed E-state index contributed by atoms with van der Waals surface area (Å²) in [6.45, 7) is 13.4. The largest absolute Gasteiger partial charge is 0.413 e. The first-order chi connectivity index (χ1) is 45.4. The topological polar surface area (TPSA) is 297 Å². The minimum absolute atomic E-state index is 0.0237. The highest BCUT2D eigenvalue weighted by atomic mass is 28.4. The summed E-state index contributed by atoms with van der Waals surface area (Å²) in [5.41, 5.74) is 47.2. The van der Waals surface area contributed by atoms with Gasteiger partial charge in [-0.15, -0.1) is 0 Å². The van der Waals surface area contributed by atoms with Crippen LogP contribution in [0.3, 0.4) is 0 Å². The van der Waals surface area contributed by atoms with Crippen molar-refractivity contribution < 1.29 is 51.8 Å². The SMILES string of the molecule is CC(C)[Si](OCC1OC(OC2C(OCc3ccccc3)[C@H](O[C@H]3O[C@H](CN=[N+]=[N-])[C@@H](OCc4ccccc4)C(OCc4ccccc4)C3OCc3ccccc3)[C@@H](N=[N+]=[N-])C[C@H]2N=[N+]=[N-])C(OCc2ccccc2)[C@@H](N=[N+]=[N-])C1OCc1ccccc1)(C(C)C)C(C)C. The van der Waals surface area contributed by atoms with E-state index in [1.807, 2.05) is 182 Å². The van der Waals surface area contributed by atoms with Gasteiger partial charge in [-0.1, -0.05) is 244 Å². The van der Waals surface area contributed by atoms with E-state index in [0.717, 1.165) is 33.4 Å². The quantitative estimate of drug-likeness (QED) is 0.0161. The van der Waals surface area contributed by atoms with Crippen molar-refractivity contribution in [1.82, 2.24) is 0 Å². The van der Waals surface area contributed by atoms with Gasteiger partial charge in [-0.05, 0) is 78.5 Å². The zero-order chi connectivity index (χ0) is 65.4. The fraction of sp³-hybridized carbons (Fsp3) is 0.478. The van der Waals surface area contributed by atoms with Crippen molar-refractivity contribution in [3.05, 3.63) is 257 Å². The number of benzene rings is 6. The molecule has 93 heavy (non-hydrogen) atoms. The number of nitrogens with zero attached hydrogens (tertiary/aromatic N) is 12. The second kappa shape index (κ2) is 35.6. The zero-order valence-electron chi connectivity index (χ0n) is 53.4. The van der Waals surface area contributed by atoms with Crippen molar-refractivity contribution in [3.63, 3.8) is 0 Å². The summed E-state index contributed by atoms with van der Waals surface area (Å²) in [6.07, 6.45) is -14.1. The van der Waals surface area contributed by atoms with Crippen LogP contribution in [0.5, 0.6) is 0 Å². The fourth-order valence-corrected chi connectivity index (χ4v) is 18.6. The number of rotatable bonds is 33. The van der Waals surface area contributed by atoms with E-state index < -0.39 is 100 Å². The molecule has 0 aromatic heterocycles. The van der Waals surface area contributed by atoms with E-state index >= 15 is 0 Å². The lowest BCUT2D eigenvalue weighted by Gasteiger charge is -2.51. The molecule has 490 valence electrons. The van der Waals surface area contributed by atoms with Gasteiger partial charge in [-0.2, -0.15) is 0 Å². The average Bonchev–Trinajstić information content (AvgIpc) is 0.792. The van der Waals surface area contributed by atoms with E-state index in [4.69, 9.17) is 51.8 Å². The Bertz CT molecular complexity index is 3370. The highest BCUT2D eigenvalue weighted by molar-refractivity contribution is 6.77. The van der Waals surface area contributed by atoms with Gasteiger partial charge in [0.05, 0.1) is 95.3 Å². The van der Waals surface area contributed by atoms with Crippen LogP contribution >= 0.6 is 0 Å². The maximum Gasteiger partial charge on any atom is 0.200 e. The third kappa shape index (κ3) is 18.6. The molecule has 1 aliphatic carbocycles. The van der Waals surface area contributed by atoms with Gasteiger partial charge in [-0.3, -0.25) is 0 Å². The minimum Gasteiger partial charge on any atom is -0.413 e. The molecule has 6 aromatic rings. The molecule has 0 bridgehead atoms. The second-order valence-corrected chi connectivity index (χ2v) is 29.8. The Hall–Kier alpha value is -7.66. The predicted octanol–water partition coefficient (Wildman–Crippen LogP) is 15.7. The van der Waals surface area contributed by atoms with Crippen LogP contribution in [0.1, 0.15) is 81.3 Å². The average molecular weight is 1290 g/mol. The van der Waals surface area contributed by atoms with Crippen LogP contribution in [-0.4, -0.2) is 113 Å². The first kappa shape index (κ1) is 69.7. The molecule has 0 amide bonds. The van der Waals surface area contributed by atoms with Gasteiger partial charge in [0.15, 0.2) is 20.9 Å². The maximum atomic E-state index is 10.6. The minimum atomic E-state index is -2.63. The van der Waals surface area contributed by atoms with Crippen LogP contribution < -0.4 is 0 Å². The molecule has 8 unspecified atom stereocenters. The molecule has 2 aliphatic heterocycles. The van der Waals surface area contributed by atoms with Gasteiger partial charge in [-0.25, -0.2) is 0 Å². The van der Waals surface area contributed by atoms with Crippen LogP contribution in [0, 0.1) is 0 Å². The Labute approximate surface area is 544 Å². The lowest BCUT2D eigenvalue weighted by atomic mass is 9.83. The van der Waals surface area contributed by atoms with Gasteiger partial charge in [0, 0.05) is 19.6 Å². The molecule has 3 aliphatic rings. The van der Waals surface area contributed by atoms with Crippen LogP contribution in [0.25, 0.3) is 41.8 Å². The molecule has 23 nitrogen and oxygen atoms in total. The highest BCUT2D eigenvalue weighted by Gasteiger charge is 2.57. The van der Waals surface area contributed by atoms with Gasteiger partial charge >= 0.3 is 0 Å². The van der Waals surface area contributed by atoms with Gasteiger partial charge in [0.2, 0.25) is 0 Å². The van der Waals surface area contributed by atoms with E-state index in [2.05, 4.69) is 81.6 Å². The van der Waals surface area contributed by atoms with Crippen molar-refractivity contribution in [2.24, 2.45) is 20.5 Å². The molecule has 3 fully saturated rings. The molecular formula is C69H84N12O11Si. The summed E-state index contributed by atoms with van der Waals surface area (Å²) in [6, 6.07) is 54.1. The Balaban J connectivity index is 1.17. The molecule has 0 radical (unpaired) electrons. The van der Waals surface area contributed by atoms with Crippen LogP contribution in [0.2, 0.25) is 16.6 Å². The standard InChI is InChI=1S/C69H84N12O11Si/c1-46(2)93(47(3)4,48(5)6)88-45-58-62(82-39-49-25-13-7-14-26-49)59(77-81-73)64(84-41-51-29-17-9-18-30-51)68(90-58)91-60-55(75-79-71)37-56(76-80-72)61(65(60)85-42-52-31-19-10-20-32-52)92-69-67(87-44-54-35-23-12-24-36-54)66(86-43-53-33-21-11-22-34-53)63(57(89-69)38-74-78-70)83-40-50-27-15-8-16-28-50/h7-36,46-48,55-69H,37-45H2,1-6H3/t55-,56+,57-,58?,59+,60?,61-,62?,63-,64?,65?,66?,67?,68?,69-/m1/s1. The van der Waals surface area contributed by atoms with E-state index in [-0.39, 0.29) is 75.8 Å². The summed E-state index contributed by atoms with van der Waals surface area (Å²) in [4.78, 5) is 13.3. The van der Waals surface area contributed by atoms with Crippen molar-refractivity contribution in [3.8, 4) is 0 Å². The van der Waals surface area contributed by atoms with E-state index in [1.165, 1.54) is 0 Å². The Kier molecular flexibility index (Phi) is 26.6. The van der Waals surface area contributed by atoms with E-state index in [9.17, 15) is 22.1 Å². The molecule has 24 heteroatoms. The predicted molar refractivity (Wildman–Crippen MR) is 352 cm³/mol. The zero-order valence-corrected chi connectivity index (χ0v) is 54.4. The summed E-state index contributed by atoms with van der Waals surface area (Å²) in [5, 5.41) is 17.3. The van der Waals surface area contributed by atoms with Gasteiger partial charge in [0.25, 0.3) is 0 Å². The summed E-state index contributed by atoms with van der Waals surface area (Å²) in [7, 11) is -2.63. The van der Waals surface area contributed by atoms with Gasteiger partial charge in [0.1, 0.15) is 36.6 Å².